The molecule has 12 heterocycles. The molecule has 0 bridgehead atoms. The summed E-state index contributed by atoms with van der Waals surface area (Å²) in [6.45, 7) is 9.09. The van der Waals surface area contributed by atoms with Gasteiger partial charge in [0.15, 0.2) is 57.4 Å². The molecule has 2 saturated carbocycles. The highest BCUT2D eigenvalue weighted by atomic mass is 19.1. The molecular weight excluding hydrogens is 1630 g/mol. The Morgan fingerprint density at radius 1 is 0.504 bits per heavy atom. The van der Waals surface area contributed by atoms with Gasteiger partial charge in [0.25, 0.3) is 35.0 Å². The molecule has 0 amide bonds. The number of non-ortho nitro benzene ring substituents is 1. The first-order chi connectivity index (χ1) is 60.2. The van der Waals surface area contributed by atoms with Gasteiger partial charge < -0.3 is 83.1 Å². The van der Waals surface area contributed by atoms with Gasteiger partial charge in [0.2, 0.25) is 5.43 Å². The number of Topliss-reactive ketones (excluding diaryl/α,β-unsaturated/α-hetero) is 3. The number of aliphatic carboxylic acids is 1. The molecule has 5 aliphatic heterocycles. The number of nitrogens with one attached hydrogen (secondary N) is 1. The molecule has 6 N–H and O–H groups in total. The maximum Gasteiger partial charge on any atom is 0.352 e. The van der Waals surface area contributed by atoms with E-state index in [-0.39, 0.29) is 64.9 Å². The second-order valence-electron chi connectivity index (χ2n) is 28.7. The number of ketones is 3. The molecule has 12 aromatic rings. The number of halogens is 3. The molecule has 7 aliphatic rings. The fourth-order valence-electron chi connectivity index (χ4n) is 12.5. The summed E-state index contributed by atoms with van der Waals surface area (Å²) in [5.74, 6) is 1.24. The lowest BCUT2D eigenvalue weighted by Gasteiger charge is -2.29. The summed E-state index contributed by atoms with van der Waals surface area (Å²) < 4.78 is 108. The van der Waals surface area contributed by atoms with E-state index in [9.17, 15) is 56.8 Å². The predicted octanol–water partition coefficient (Wildman–Crippen LogP) is 13.2. The number of pyridine rings is 7. The number of nitrogens with zero attached hydrogens (tertiary/aromatic N) is 7. The average molecular weight is 1710 g/mol. The van der Waals surface area contributed by atoms with Crippen LogP contribution in [-0.4, -0.2) is 145 Å². The van der Waals surface area contributed by atoms with Crippen LogP contribution in [0, 0.1) is 38.4 Å². The van der Waals surface area contributed by atoms with Gasteiger partial charge in [-0.1, -0.05) is 36.4 Å². The van der Waals surface area contributed by atoms with E-state index in [0.717, 1.165) is 36.1 Å². The van der Waals surface area contributed by atoms with Gasteiger partial charge in [-0.2, -0.15) is 0 Å². The van der Waals surface area contributed by atoms with Gasteiger partial charge in [0, 0.05) is 112 Å². The number of H-pyrrole nitrogens is 1. The smallest absolute Gasteiger partial charge is 0.352 e. The number of nitro groups is 1. The van der Waals surface area contributed by atoms with Crippen LogP contribution in [0.2, 0.25) is 0 Å². The van der Waals surface area contributed by atoms with E-state index in [1.807, 2.05) is 18.2 Å². The number of carbonyl (C=O) groups is 6. The normalized spacial score (nSPS) is 14.9. The van der Waals surface area contributed by atoms with E-state index in [1.54, 1.807) is 111 Å². The molecule has 33 nitrogen and oxygen atoms in total. The zero-order chi connectivity index (χ0) is 88.4. The summed E-state index contributed by atoms with van der Waals surface area (Å²) in [6, 6.07) is 42.1. The van der Waals surface area contributed by atoms with Gasteiger partial charge in [-0.25, -0.2) is 42.7 Å². The van der Waals surface area contributed by atoms with E-state index in [0.29, 0.717) is 210 Å². The van der Waals surface area contributed by atoms with Crippen LogP contribution in [-0.2, 0) is 62.2 Å². The van der Waals surface area contributed by atoms with E-state index < -0.39 is 45.3 Å². The molecule has 125 heavy (non-hydrogen) atoms. The van der Waals surface area contributed by atoms with E-state index in [4.69, 9.17) is 78.2 Å². The minimum absolute atomic E-state index is 0.0621. The lowest BCUT2D eigenvalue weighted by atomic mass is 9.88. The number of ether oxygens (including phenoxy) is 13. The minimum Gasteiger partial charge on any atom is -0.500 e. The molecule has 0 atom stereocenters. The largest absolute Gasteiger partial charge is 0.500 e. The number of carboxylic acid groups (broad SMARTS) is 1. The number of hydrogen-bond donors (Lipinski definition) is 4. The third-order valence-electron chi connectivity index (χ3n) is 19.2. The van der Waals surface area contributed by atoms with Crippen LogP contribution >= 0.6 is 0 Å². The van der Waals surface area contributed by atoms with Gasteiger partial charge in [-0.05, 0) is 122 Å². The van der Waals surface area contributed by atoms with Crippen LogP contribution < -0.4 is 64.3 Å². The number of nitrogens with two attached hydrogens (primary N) is 2. The van der Waals surface area contributed by atoms with Crippen LogP contribution in [0.15, 0.2) is 205 Å². The van der Waals surface area contributed by atoms with Crippen molar-refractivity contribution in [3.05, 3.63) is 255 Å². The third-order valence-corrected chi connectivity index (χ3v) is 19.2. The second kappa shape index (κ2) is 39.3. The third kappa shape index (κ3) is 22.6. The lowest BCUT2D eigenvalue weighted by molar-refractivity contribution is -0.384. The van der Waals surface area contributed by atoms with Crippen LogP contribution in [0.3, 0.4) is 0 Å². The molecule has 0 radical (unpaired) electrons. The molecule has 19 rings (SSSR count). The van der Waals surface area contributed by atoms with Crippen molar-refractivity contribution in [1.82, 2.24) is 34.9 Å². The molecule has 7 aromatic heterocycles. The minimum atomic E-state index is -1.20. The molecule has 1 saturated heterocycles. The van der Waals surface area contributed by atoms with E-state index >= 15 is 0 Å². The summed E-state index contributed by atoms with van der Waals surface area (Å²) in [4.78, 5) is 121. The first-order valence-corrected chi connectivity index (χ1v) is 38.9. The molecule has 3 fully saturated rings. The number of rotatable bonds is 17. The Labute approximate surface area is 708 Å². The summed E-state index contributed by atoms with van der Waals surface area (Å²) in [7, 11) is 0. The Morgan fingerprint density at radius 3 is 1.34 bits per heavy atom. The molecule has 2 aliphatic carbocycles. The maximum absolute atomic E-state index is 13.2. The Hall–Kier alpha value is -15.5. The number of fused-ring (bicyclic) bond motifs is 7. The topological polar surface area (TPSA) is 448 Å². The molecule has 0 unspecified atom stereocenters. The van der Waals surface area contributed by atoms with E-state index in [1.165, 1.54) is 56.3 Å². The average Bonchev–Trinajstić information content (AvgIpc) is 1.71. The van der Waals surface area contributed by atoms with Crippen LogP contribution in [0.25, 0.3) is 33.1 Å². The second-order valence-corrected chi connectivity index (χ2v) is 28.7. The molecule has 644 valence electrons. The Bertz CT molecular complexity index is 6060. The number of anilines is 2. The number of nitrogen functional groups attached to an aromatic ring is 2. The zero-order valence-corrected chi connectivity index (χ0v) is 67.1. The fourth-order valence-corrected chi connectivity index (χ4v) is 12.5. The summed E-state index contributed by atoms with van der Waals surface area (Å²) in [5, 5.41) is 18.9. The van der Waals surface area contributed by atoms with Gasteiger partial charge >= 0.3 is 17.9 Å². The predicted molar refractivity (Wildman–Crippen MR) is 440 cm³/mol. The van der Waals surface area contributed by atoms with Crippen LogP contribution in [0.1, 0.15) is 63.1 Å². The highest BCUT2D eigenvalue weighted by Crippen LogP contribution is 2.50. The Kier molecular flexibility index (Phi) is 27.5. The standard InChI is InChI=1S/C29H23FN2O5.C16H13N3O3.C12H11FO3.C10H8N2O3.C9H12O5.C7H8N2O2.C6H4FNO2/c30-20-5-1-18(2-6-20)15-25(33)29(10-11-29)26(34)16-19-3-7-21(8-4-19)37-23-9-12-31-22-17-24-28(32-27(22)23)36-14-13-35-24;17-10-1-3-11(4-2-10)22-13-5-6-18-12-9-14-16(19-15(12)13)21-8-7-20-14;13-9-3-1-8(2-4-9)7-10(14)12(5-6-12)11(15)16;13-7-1-2-11-6-5-8-10(12-9(6)7)15-4-3-14-8;1-4-12-5-6-7(10)13-9(2,3)14-8(6)11;8-5-3-6-7(9-4-5)11-2-1-10-6;7-5-1-3-6(4-2-5)8(9)10/h1-9,12,17H,10-11,13-16H2;1-6,9H,7-8,17H2;1-4H,5-7H2,(H,15,16);1-2,5H,3-4H2,(H,11,13);5H,4H2,1-3H3;3-4H,1-2,8H2;1-4H. The fraction of sp³-hybridized carbons (Fsp3) is 0.247. The summed E-state index contributed by atoms with van der Waals surface area (Å²) >= 11 is 0. The van der Waals surface area contributed by atoms with Crippen molar-refractivity contribution in [3.63, 3.8) is 0 Å². The number of carboxylic acids is 1. The number of benzene rings is 5. The van der Waals surface area contributed by atoms with Crippen molar-refractivity contribution in [2.24, 2.45) is 10.8 Å². The van der Waals surface area contributed by atoms with Crippen molar-refractivity contribution in [2.45, 2.75) is 71.5 Å². The number of nitro benzene ring substituents is 1. The Balaban J connectivity index is 0.000000132. The van der Waals surface area contributed by atoms with Crippen LogP contribution in [0.5, 0.6) is 69.5 Å². The van der Waals surface area contributed by atoms with Crippen molar-refractivity contribution < 1.29 is 114 Å². The van der Waals surface area contributed by atoms with E-state index in [2.05, 4.69) is 34.9 Å². The van der Waals surface area contributed by atoms with Crippen LogP contribution in [0.4, 0.5) is 30.2 Å². The quantitative estimate of drug-likeness (QED) is 0.00961. The maximum atomic E-state index is 13.2. The highest BCUT2D eigenvalue weighted by Gasteiger charge is 2.56. The molecular formula is C89H79F3N10O23. The monoisotopic (exact) mass is 1710 g/mol. The molecule has 5 aromatic carbocycles. The number of hydrogen-bond acceptors (Lipinski definition) is 30. The SMILES string of the molecule is CCOC=C1C(=O)OC(C)(C)OC1=O.Nc1ccc(Oc2ccnc3cc4c(nc23)OCCO4)cc1.Nc1cnc2c(c1)OCCO2.O=C(Cc1ccc(F)cc1)C1(C(=O)Cc2ccc(Oc3ccnc4cc5c(nc34)OCCO5)cc2)CC1.O=C(O)C1(C(=O)Cc2ccc(F)cc2)CC1.O=[N+]([O-])c1ccc(F)cc1.O=c1cc[nH]c2cc3c(nc12)OCCO3. The molecule has 0 spiro atoms. The van der Waals surface area contributed by atoms with Gasteiger partial charge in [-0.3, -0.25) is 44.1 Å². The summed E-state index contributed by atoms with van der Waals surface area (Å²) in [5.41, 5.74) is 15.6. The van der Waals surface area contributed by atoms with Gasteiger partial charge in [0.1, 0.15) is 110 Å². The first kappa shape index (κ1) is 87.3. The van der Waals surface area contributed by atoms with Crippen molar-refractivity contribution in [2.75, 3.05) is 70.9 Å². The number of cyclic esters (lactones) is 2. The number of esters is 2. The Morgan fingerprint density at radius 2 is 0.904 bits per heavy atom. The summed E-state index contributed by atoms with van der Waals surface area (Å²) in [6.07, 6.45) is 9.83. The van der Waals surface area contributed by atoms with Gasteiger partial charge in [-0.15, -0.1) is 0 Å². The van der Waals surface area contributed by atoms with Crippen molar-refractivity contribution in [3.8, 4) is 69.5 Å². The van der Waals surface area contributed by atoms with Crippen molar-refractivity contribution >= 4 is 85.4 Å². The lowest BCUT2D eigenvalue weighted by Crippen LogP contribution is -2.41. The highest BCUT2D eigenvalue weighted by molar-refractivity contribution is 6.15. The first-order valence-electron chi connectivity index (χ1n) is 38.9. The number of carbonyl (C=O) groups excluding carboxylic acids is 5. The zero-order valence-electron chi connectivity index (χ0n) is 67.1. The number of aromatic nitrogens is 7. The van der Waals surface area contributed by atoms with Gasteiger partial charge in [0.05, 0.1) is 45.4 Å². The van der Waals surface area contributed by atoms with Crippen molar-refractivity contribution in [1.29, 1.82) is 0 Å². The number of aromatic amines is 1. The molecule has 36 heteroatoms.